The molecule has 7 heteroatoms. The van der Waals surface area contributed by atoms with E-state index >= 15 is 0 Å². The van der Waals surface area contributed by atoms with Crippen molar-refractivity contribution in [3.8, 4) is 0 Å². The molecule has 5 nitrogen and oxygen atoms in total. The van der Waals surface area contributed by atoms with E-state index in [0.29, 0.717) is 11.0 Å². The van der Waals surface area contributed by atoms with Crippen molar-refractivity contribution in [3.63, 3.8) is 0 Å². The number of halogens is 1. The Morgan fingerprint density at radius 2 is 1.96 bits per heavy atom. The van der Waals surface area contributed by atoms with Crippen LogP contribution in [0.5, 0.6) is 0 Å². The van der Waals surface area contributed by atoms with Crippen LogP contribution in [0.4, 0.5) is 0 Å². The fourth-order valence-electron chi connectivity index (χ4n) is 3.07. The Bertz CT molecular complexity index is 1040. The van der Waals surface area contributed by atoms with Crippen molar-refractivity contribution < 1.29 is 8.42 Å². The minimum Gasteiger partial charge on any atom is -0.251 e. The van der Waals surface area contributed by atoms with Gasteiger partial charge in [0.25, 0.3) is 0 Å². The normalized spacial score (nSPS) is 17.1. The lowest BCUT2D eigenvalue weighted by atomic mass is 10.1. The lowest BCUT2D eigenvalue weighted by molar-refractivity contribution is 0.554. The number of hydrogen-bond donors (Lipinski definition) is 1. The van der Waals surface area contributed by atoms with Gasteiger partial charge in [-0.3, -0.25) is 4.98 Å². The molecule has 0 saturated heterocycles. The van der Waals surface area contributed by atoms with Crippen LogP contribution in [0.2, 0.25) is 5.15 Å². The fraction of sp³-hybridized carbons (Fsp3) is 0.176. The van der Waals surface area contributed by atoms with E-state index in [1.807, 2.05) is 24.3 Å². The van der Waals surface area contributed by atoms with E-state index in [2.05, 4.69) is 14.7 Å². The fourth-order valence-corrected chi connectivity index (χ4v) is 4.48. The number of benzene rings is 2. The molecule has 122 valence electrons. The standard InChI is InChI=1S/C17H14ClN3O2S/c18-17-10-19-16-9-12(6-8-15(16)20-17)24(22,23)21-14-7-5-11-3-1-2-4-13(11)14/h1-4,6,8-10,14,21H,5,7H2/t14-/m1/s1. The van der Waals surface area contributed by atoms with E-state index in [1.54, 1.807) is 6.07 Å². The predicted octanol–water partition coefficient (Wildman–Crippen LogP) is 3.25. The highest BCUT2D eigenvalue weighted by atomic mass is 35.5. The number of aryl methyl sites for hydroxylation is 1. The lowest BCUT2D eigenvalue weighted by Gasteiger charge is -2.14. The Morgan fingerprint density at radius 3 is 2.83 bits per heavy atom. The number of rotatable bonds is 3. The average Bonchev–Trinajstić information content (AvgIpc) is 2.97. The van der Waals surface area contributed by atoms with Gasteiger partial charge in [-0.15, -0.1) is 0 Å². The van der Waals surface area contributed by atoms with Gasteiger partial charge in [0.15, 0.2) is 0 Å². The Morgan fingerprint density at radius 1 is 1.12 bits per heavy atom. The first-order chi connectivity index (χ1) is 11.5. The summed E-state index contributed by atoms with van der Waals surface area (Å²) in [7, 11) is -3.64. The van der Waals surface area contributed by atoms with Crippen molar-refractivity contribution in [1.29, 1.82) is 0 Å². The summed E-state index contributed by atoms with van der Waals surface area (Å²) in [5.74, 6) is 0. The molecule has 0 radical (unpaired) electrons. The van der Waals surface area contributed by atoms with Gasteiger partial charge >= 0.3 is 0 Å². The summed E-state index contributed by atoms with van der Waals surface area (Å²) in [6.07, 6.45) is 3.05. The van der Waals surface area contributed by atoms with Gasteiger partial charge in [0.1, 0.15) is 5.15 Å². The van der Waals surface area contributed by atoms with E-state index in [-0.39, 0.29) is 16.1 Å². The van der Waals surface area contributed by atoms with E-state index < -0.39 is 10.0 Å². The topological polar surface area (TPSA) is 72.0 Å². The van der Waals surface area contributed by atoms with Crippen LogP contribution in [0.3, 0.4) is 0 Å². The third-order valence-corrected chi connectivity index (χ3v) is 5.88. The second kappa shape index (κ2) is 5.81. The van der Waals surface area contributed by atoms with Crippen LogP contribution in [0.1, 0.15) is 23.6 Å². The van der Waals surface area contributed by atoms with Crippen LogP contribution in [0.15, 0.2) is 53.6 Å². The molecule has 0 amide bonds. The van der Waals surface area contributed by atoms with Gasteiger partial charge in [0.2, 0.25) is 10.0 Å². The number of nitrogens with one attached hydrogen (secondary N) is 1. The summed E-state index contributed by atoms with van der Waals surface area (Å²) in [5, 5.41) is 0.277. The highest BCUT2D eigenvalue weighted by molar-refractivity contribution is 7.89. The molecule has 0 aliphatic heterocycles. The predicted molar refractivity (Wildman–Crippen MR) is 92.4 cm³/mol. The van der Waals surface area contributed by atoms with Crippen molar-refractivity contribution in [2.24, 2.45) is 0 Å². The first-order valence-electron chi connectivity index (χ1n) is 7.55. The van der Waals surface area contributed by atoms with Crippen LogP contribution in [-0.2, 0) is 16.4 Å². The van der Waals surface area contributed by atoms with Gasteiger partial charge in [0.05, 0.1) is 22.1 Å². The highest BCUT2D eigenvalue weighted by Crippen LogP contribution is 2.32. The van der Waals surface area contributed by atoms with E-state index in [4.69, 9.17) is 11.6 Å². The molecule has 1 aliphatic carbocycles. The lowest BCUT2D eigenvalue weighted by Crippen LogP contribution is -2.27. The van der Waals surface area contributed by atoms with E-state index in [1.165, 1.54) is 23.9 Å². The Labute approximate surface area is 144 Å². The minimum absolute atomic E-state index is 0.177. The zero-order valence-corrected chi connectivity index (χ0v) is 14.2. The number of sulfonamides is 1. The van der Waals surface area contributed by atoms with Gasteiger partial charge in [-0.1, -0.05) is 35.9 Å². The average molecular weight is 360 g/mol. The summed E-state index contributed by atoms with van der Waals surface area (Å²) in [5.41, 5.74) is 3.31. The molecule has 1 heterocycles. The SMILES string of the molecule is O=S(=O)(N[C@@H]1CCc2ccccc21)c1ccc2nc(Cl)cnc2c1. The molecule has 3 aromatic rings. The monoisotopic (exact) mass is 359 g/mol. The first kappa shape index (κ1) is 15.5. The summed E-state index contributed by atoms with van der Waals surface area (Å²) in [6.45, 7) is 0. The second-order valence-electron chi connectivity index (χ2n) is 5.75. The maximum Gasteiger partial charge on any atom is 0.241 e. The maximum absolute atomic E-state index is 12.7. The molecule has 0 fully saturated rings. The molecule has 1 N–H and O–H groups in total. The zero-order chi connectivity index (χ0) is 16.7. The van der Waals surface area contributed by atoms with Crippen molar-refractivity contribution in [1.82, 2.24) is 14.7 Å². The van der Waals surface area contributed by atoms with E-state index in [9.17, 15) is 8.42 Å². The smallest absolute Gasteiger partial charge is 0.241 e. The van der Waals surface area contributed by atoms with Gasteiger partial charge in [0, 0.05) is 6.04 Å². The summed E-state index contributed by atoms with van der Waals surface area (Å²) in [6, 6.07) is 12.4. The van der Waals surface area contributed by atoms with Crippen LogP contribution in [0.25, 0.3) is 11.0 Å². The Kier molecular flexibility index (Phi) is 3.75. The highest BCUT2D eigenvalue weighted by Gasteiger charge is 2.27. The van der Waals surface area contributed by atoms with Crippen molar-refractivity contribution in [2.45, 2.75) is 23.8 Å². The van der Waals surface area contributed by atoms with Crippen LogP contribution in [0, 0.1) is 0 Å². The summed E-state index contributed by atoms with van der Waals surface area (Å²) < 4.78 is 28.2. The maximum atomic E-state index is 12.7. The van der Waals surface area contributed by atoms with Crippen molar-refractivity contribution >= 4 is 32.7 Å². The van der Waals surface area contributed by atoms with Gasteiger partial charge in [-0.2, -0.15) is 0 Å². The zero-order valence-electron chi connectivity index (χ0n) is 12.6. The summed E-state index contributed by atoms with van der Waals surface area (Å²) in [4.78, 5) is 8.43. The molecule has 1 aromatic heterocycles. The van der Waals surface area contributed by atoms with Gasteiger partial charge in [-0.05, 0) is 42.2 Å². The molecule has 2 aromatic carbocycles. The molecule has 4 rings (SSSR count). The Balaban J connectivity index is 1.67. The first-order valence-corrected chi connectivity index (χ1v) is 9.41. The van der Waals surface area contributed by atoms with Crippen molar-refractivity contribution in [3.05, 3.63) is 64.9 Å². The second-order valence-corrected chi connectivity index (χ2v) is 7.86. The third kappa shape index (κ3) is 2.77. The van der Waals surface area contributed by atoms with Crippen molar-refractivity contribution in [2.75, 3.05) is 0 Å². The molecule has 1 atom stereocenters. The van der Waals surface area contributed by atoms with Gasteiger partial charge in [-0.25, -0.2) is 18.1 Å². The van der Waals surface area contributed by atoms with Crippen LogP contribution < -0.4 is 4.72 Å². The number of nitrogens with zero attached hydrogens (tertiary/aromatic N) is 2. The molecule has 0 spiro atoms. The van der Waals surface area contributed by atoms with E-state index in [0.717, 1.165) is 18.4 Å². The largest absolute Gasteiger partial charge is 0.251 e. The van der Waals surface area contributed by atoms with Crippen LogP contribution >= 0.6 is 11.6 Å². The third-order valence-electron chi connectivity index (χ3n) is 4.22. The quantitative estimate of drug-likeness (QED) is 0.779. The molecular formula is C17H14ClN3O2S. The van der Waals surface area contributed by atoms with Gasteiger partial charge < -0.3 is 0 Å². The molecule has 0 unspecified atom stereocenters. The number of fused-ring (bicyclic) bond motifs is 2. The number of hydrogen-bond acceptors (Lipinski definition) is 4. The molecule has 1 aliphatic rings. The van der Waals surface area contributed by atoms with Crippen LogP contribution in [-0.4, -0.2) is 18.4 Å². The molecular weight excluding hydrogens is 346 g/mol. The number of aromatic nitrogens is 2. The Hall–Kier alpha value is -2.02. The molecule has 0 bridgehead atoms. The molecule has 0 saturated carbocycles. The minimum atomic E-state index is -3.64. The summed E-state index contributed by atoms with van der Waals surface area (Å²) >= 11 is 5.81. The molecule has 24 heavy (non-hydrogen) atoms.